The molecule has 0 radical (unpaired) electrons. The van der Waals surface area contributed by atoms with Crippen LogP contribution in [0, 0.1) is 6.92 Å². The average Bonchev–Trinajstić information content (AvgIpc) is 2.92. The first-order chi connectivity index (χ1) is 11.2. The zero-order chi connectivity index (χ0) is 15.8. The predicted molar refractivity (Wildman–Crippen MR) is 94.1 cm³/mol. The molecule has 1 aromatic heterocycles. The van der Waals surface area contributed by atoms with Gasteiger partial charge in [0, 0.05) is 30.3 Å². The van der Waals surface area contributed by atoms with Gasteiger partial charge in [-0.3, -0.25) is 0 Å². The van der Waals surface area contributed by atoms with Gasteiger partial charge in [-0.15, -0.1) is 0 Å². The van der Waals surface area contributed by atoms with Crippen LogP contribution in [-0.2, 0) is 13.0 Å². The number of hydrogen-bond donors (Lipinski definition) is 1. The minimum absolute atomic E-state index is 0.253. The lowest BCUT2D eigenvalue weighted by atomic mass is 10.0. The van der Waals surface area contributed by atoms with Gasteiger partial charge in [-0.1, -0.05) is 54.6 Å². The number of aryl methyl sites for hydroxylation is 1. The summed E-state index contributed by atoms with van der Waals surface area (Å²) in [4.78, 5) is 4.86. The van der Waals surface area contributed by atoms with Gasteiger partial charge in [0.1, 0.15) is 5.82 Å². The molecule has 0 saturated heterocycles. The summed E-state index contributed by atoms with van der Waals surface area (Å²) in [6.07, 6.45) is 2.01. The fourth-order valence-electron chi connectivity index (χ4n) is 3.39. The number of hydrogen-bond acceptors (Lipinski definition) is 2. The standard InChI is InChI=1S/C20H21N3/c1-14-20(22-19-12-11-18(21)13-23(14)19)17-9-7-16(8-10-17)15-5-3-2-4-6-15/h2-10,18H,11-13,21H2,1H3. The molecule has 0 amide bonds. The normalized spacial score (nSPS) is 17.0. The highest BCUT2D eigenvalue weighted by Gasteiger charge is 2.21. The molecular weight excluding hydrogens is 282 g/mol. The van der Waals surface area contributed by atoms with Gasteiger partial charge in [-0.25, -0.2) is 4.98 Å². The van der Waals surface area contributed by atoms with Crippen molar-refractivity contribution in [2.24, 2.45) is 5.73 Å². The van der Waals surface area contributed by atoms with Gasteiger partial charge in [0.15, 0.2) is 0 Å². The molecule has 3 aromatic rings. The number of benzene rings is 2. The smallest absolute Gasteiger partial charge is 0.109 e. The van der Waals surface area contributed by atoms with Gasteiger partial charge >= 0.3 is 0 Å². The molecule has 116 valence electrons. The number of aromatic nitrogens is 2. The van der Waals surface area contributed by atoms with Crippen molar-refractivity contribution in [3.05, 3.63) is 66.1 Å². The van der Waals surface area contributed by atoms with Crippen molar-refractivity contribution in [3.8, 4) is 22.4 Å². The Hall–Kier alpha value is -2.39. The summed E-state index contributed by atoms with van der Waals surface area (Å²) in [5.41, 5.74) is 12.1. The van der Waals surface area contributed by atoms with Crippen LogP contribution in [0.1, 0.15) is 17.9 Å². The molecule has 23 heavy (non-hydrogen) atoms. The summed E-state index contributed by atoms with van der Waals surface area (Å²) < 4.78 is 2.29. The zero-order valence-electron chi connectivity index (χ0n) is 13.4. The first-order valence-corrected chi connectivity index (χ1v) is 8.20. The fraction of sp³-hybridized carbons (Fsp3) is 0.250. The van der Waals surface area contributed by atoms with Gasteiger partial charge in [0.05, 0.1) is 5.69 Å². The highest BCUT2D eigenvalue weighted by Crippen LogP contribution is 2.29. The maximum atomic E-state index is 6.10. The van der Waals surface area contributed by atoms with Crippen molar-refractivity contribution < 1.29 is 0 Å². The van der Waals surface area contributed by atoms with E-state index in [-0.39, 0.29) is 6.04 Å². The summed E-state index contributed by atoms with van der Waals surface area (Å²) in [6, 6.07) is 19.4. The third kappa shape index (κ3) is 2.57. The van der Waals surface area contributed by atoms with E-state index in [4.69, 9.17) is 10.7 Å². The molecule has 2 N–H and O–H groups in total. The van der Waals surface area contributed by atoms with Crippen LogP contribution in [0.4, 0.5) is 0 Å². The molecule has 0 spiro atoms. The van der Waals surface area contributed by atoms with E-state index in [9.17, 15) is 0 Å². The van der Waals surface area contributed by atoms with Crippen molar-refractivity contribution in [1.82, 2.24) is 9.55 Å². The van der Waals surface area contributed by atoms with Gasteiger partial charge in [0.25, 0.3) is 0 Å². The second-order valence-corrected chi connectivity index (χ2v) is 6.31. The highest BCUT2D eigenvalue weighted by atomic mass is 15.1. The van der Waals surface area contributed by atoms with Gasteiger partial charge < -0.3 is 10.3 Å². The molecule has 4 rings (SSSR count). The first kappa shape index (κ1) is 14.2. The Morgan fingerprint density at radius 3 is 2.35 bits per heavy atom. The SMILES string of the molecule is Cc1c(-c2ccc(-c3ccccc3)cc2)nc2n1CC(N)CC2. The molecule has 0 aliphatic carbocycles. The minimum atomic E-state index is 0.253. The van der Waals surface area contributed by atoms with Crippen LogP contribution in [0.25, 0.3) is 22.4 Å². The maximum absolute atomic E-state index is 6.10. The molecule has 1 aliphatic rings. The van der Waals surface area contributed by atoms with E-state index >= 15 is 0 Å². The molecule has 0 fully saturated rings. The monoisotopic (exact) mass is 303 g/mol. The Morgan fingerprint density at radius 2 is 1.61 bits per heavy atom. The predicted octanol–water partition coefficient (Wildman–Crippen LogP) is 3.80. The van der Waals surface area contributed by atoms with Crippen LogP contribution in [-0.4, -0.2) is 15.6 Å². The molecular formula is C20H21N3. The van der Waals surface area contributed by atoms with Crippen LogP contribution in [0.3, 0.4) is 0 Å². The van der Waals surface area contributed by atoms with Crippen LogP contribution in [0.15, 0.2) is 54.6 Å². The molecule has 3 heteroatoms. The first-order valence-electron chi connectivity index (χ1n) is 8.20. The zero-order valence-corrected chi connectivity index (χ0v) is 13.4. The van der Waals surface area contributed by atoms with Gasteiger partial charge in [-0.05, 0) is 24.5 Å². The lowest BCUT2D eigenvalue weighted by molar-refractivity contribution is 0.448. The van der Waals surface area contributed by atoms with Crippen molar-refractivity contribution in [2.75, 3.05) is 0 Å². The van der Waals surface area contributed by atoms with Crippen molar-refractivity contribution in [2.45, 2.75) is 32.4 Å². The second-order valence-electron chi connectivity index (χ2n) is 6.31. The van der Waals surface area contributed by atoms with Crippen LogP contribution < -0.4 is 5.73 Å². The van der Waals surface area contributed by atoms with Crippen molar-refractivity contribution in [3.63, 3.8) is 0 Å². The topological polar surface area (TPSA) is 43.8 Å². The summed E-state index contributed by atoms with van der Waals surface area (Å²) in [7, 11) is 0. The third-order valence-electron chi connectivity index (χ3n) is 4.72. The van der Waals surface area contributed by atoms with Gasteiger partial charge in [-0.2, -0.15) is 0 Å². The van der Waals surface area contributed by atoms with Crippen LogP contribution in [0.2, 0.25) is 0 Å². The second kappa shape index (κ2) is 5.67. The van der Waals surface area contributed by atoms with E-state index in [1.807, 2.05) is 6.07 Å². The molecule has 3 nitrogen and oxygen atoms in total. The quantitative estimate of drug-likeness (QED) is 0.782. The van der Waals surface area contributed by atoms with E-state index in [0.29, 0.717) is 0 Å². The van der Waals surface area contributed by atoms with Crippen molar-refractivity contribution in [1.29, 1.82) is 0 Å². The molecule has 2 aromatic carbocycles. The van der Waals surface area contributed by atoms with Crippen LogP contribution in [0.5, 0.6) is 0 Å². The van der Waals surface area contributed by atoms with Crippen LogP contribution >= 0.6 is 0 Å². The minimum Gasteiger partial charge on any atom is -0.330 e. The van der Waals surface area contributed by atoms with E-state index in [0.717, 1.165) is 25.1 Å². The molecule has 1 atom stereocenters. The number of imidazole rings is 1. The molecule has 0 saturated carbocycles. The summed E-state index contributed by atoms with van der Waals surface area (Å²) in [6.45, 7) is 3.03. The summed E-state index contributed by atoms with van der Waals surface area (Å²) in [5.74, 6) is 1.17. The number of nitrogens with zero attached hydrogens (tertiary/aromatic N) is 2. The Morgan fingerprint density at radius 1 is 0.957 bits per heavy atom. The Kier molecular flexibility index (Phi) is 3.50. The molecule has 1 unspecified atom stereocenters. The molecule has 0 bridgehead atoms. The Labute approximate surface area is 136 Å². The highest BCUT2D eigenvalue weighted by molar-refractivity contribution is 5.69. The average molecular weight is 303 g/mol. The van der Waals surface area contributed by atoms with Gasteiger partial charge in [0.2, 0.25) is 0 Å². The molecule has 2 heterocycles. The lowest BCUT2D eigenvalue weighted by Gasteiger charge is -2.21. The Balaban J connectivity index is 1.69. The fourth-order valence-corrected chi connectivity index (χ4v) is 3.39. The third-order valence-corrected chi connectivity index (χ3v) is 4.72. The summed E-state index contributed by atoms with van der Waals surface area (Å²) >= 11 is 0. The number of nitrogens with two attached hydrogens (primary N) is 1. The van der Waals surface area contributed by atoms with E-state index in [1.54, 1.807) is 0 Å². The van der Waals surface area contributed by atoms with E-state index in [2.05, 4.69) is 60.0 Å². The maximum Gasteiger partial charge on any atom is 0.109 e. The van der Waals surface area contributed by atoms with E-state index < -0.39 is 0 Å². The van der Waals surface area contributed by atoms with Crippen molar-refractivity contribution >= 4 is 0 Å². The number of fused-ring (bicyclic) bond motifs is 1. The van der Waals surface area contributed by atoms with E-state index in [1.165, 1.54) is 28.2 Å². The largest absolute Gasteiger partial charge is 0.330 e. The lowest BCUT2D eigenvalue weighted by Crippen LogP contribution is -2.32. The summed E-state index contributed by atoms with van der Waals surface area (Å²) in [5, 5.41) is 0. The molecule has 1 aliphatic heterocycles. The Bertz CT molecular complexity index is 816. The number of rotatable bonds is 2.